The third-order valence-electron chi connectivity index (χ3n) is 6.26. The van der Waals surface area contributed by atoms with Crippen LogP contribution in [0.3, 0.4) is 0 Å². The first-order valence-electron chi connectivity index (χ1n) is 9.94. The molecule has 0 radical (unpaired) electrons. The first-order chi connectivity index (χ1) is 11.7. The number of hydrogen-bond acceptors (Lipinski definition) is 2. The smallest absolute Gasteiger partial charge is 0.314 e. The van der Waals surface area contributed by atoms with E-state index in [-0.39, 0.29) is 11.9 Å². The Morgan fingerprint density at radius 1 is 1.04 bits per heavy atom. The lowest BCUT2D eigenvalue weighted by molar-refractivity contribution is -0.141. The van der Waals surface area contributed by atoms with Crippen molar-refractivity contribution in [1.29, 1.82) is 0 Å². The molecule has 2 nitrogen and oxygen atoms in total. The maximum Gasteiger partial charge on any atom is 0.314 e. The molecular weight excluding hydrogens is 296 g/mol. The van der Waals surface area contributed by atoms with Crippen LogP contribution in [0.4, 0.5) is 0 Å². The third-order valence-corrected chi connectivity index (χ3v) is 6.26. The molecule has 0 bridgehead atoms. The molecule has 0 saturated heterocycles. The molecule has 0 amide bonds. The summed E-state index contributed by atoms with van der Waals surface area (Å²) >= 11 is 0. The Labute approximate surface area is 147 Å². The largest absolute Gasteiger partial charge is 0.426 e. The van der Waals surface area contributed by atoms with Gasteiger partial charge in [-0.1, -0.05) is 50.3 Å². The molecule has 0 N–H and O–H groups in total. The van der Waals surface area contributed by atoms with Crippen LogP contribution in [0, 0.1) is 30.6 Å². The molecule has 2 aliphatic rings. The van der Waals surface area contributed by atoms with E-state index in [1.807, 2.05) is 31.2 Å². The highest BCUT2D eigenvalue weighted by Crippen LogP contribution is 2.46. The van der Waals surface area contributed by atoms with Crippen LogP contribution in [0.15, 0.2) is 24.3 Å². The first kappa shape index (κ1) is 17.5. The molecule has 4 unspecified atom stereocenters. The van der Waals surface area contributed by atoms with Crippen molar-refractivity contribution in [2.75, 3.05) is 0 Å². The molecule has 24 heavy (non-hydrogen) atoms. The van der Waals surface area contributed by atoms with E-state index < -0.39 is 0 Å². The highest BCUT2D eigenvalue weighted by Gasteiger charge is 2.38. The minimum absolute atomic E-state index is 0.00888. The number of aryl methyl sites for hydroxylation is 1. The lowest BCUT2D eigenvalue weighted by atomic mass is 9.64. The van der Waals surface area contributed by atoms with Gasteiger partial charge in [0.15, 0.2) is 0 Å². The Balaban J connectivity index is 1.50. The lowest BCUT2D eigenvalue weighted by Gasteiger charge is -2.41. The summed E-state index contributed by atoms with van der Waals surface area (Å²) in [6, 6.07) is 7.80. The maximum atomic E-state index is 12.5. The number of esters is 1. The Kier molecular flexibility index (Phi) is 5.97. The standard InChI is InChI=1S/C22H32O2/c1-3-4-5-17-8-9-19-15-20(11-10-18(19)14-17)22(23)24-21-12-6-16(2)7-13-21/h6-7,12-13,17-20H,3-5,8-11,14-15H2,1-2H3. The Hall–Kier alpha value is -1.31. The molecule has 0 aliphatic heterocycles. The van der Waals surface area contributed by atoms with Gasteiger partial charge in [-0.15, -0.1) is 0 Å². The topological polar surface area (TPSA) is 26.3 Å². The zero-order valence-corrected chi connectivity index (χ0v) is 15.3. The second-order valence-electron chi connectivity index (χ2n) is 8.09. The molecule has 2 aliphatic carbocycles. The van der Waals surface area contributed by atoms with Crippen molar-refractivity contribution >= 4 is 5.97 Å². The molecule has 2 heteroatoms. The Bertz CT molecular complexity index is 533. The summed E-state index contributed by atoms with van der Waals surface area (Å²) in [7, 11) is 0. The van der Waals surface area contributed by atoms with Crippen molar-refractivity contribution in [3.63, 3.8) is 0 Å². The number of carbonyl (C=O) groups is 1. The average Bonchev–Trinajstić information content (AvgIpc) is 2.61. The van der Waals surface area contributed by atoms with Crippen molar-refractivity contribution in [1.82, 2.24) is 0 Å². The fourth-order valence-corrected chi connectivity index (χ4v) is 4.76. The predicted molar refractivity (Wildman–Crippen MR) is 98.0 cm³/mol. The fourth-order valence-electron chi connectivity index (χ4n) is 4.76. The minimum atomic E-state index is -0.00888. The number of fused-ring (bicyclic) bond motifs is 1. The summed E-state index contributed by atoms with van der Waals surface area (Å²) < 4.78 is 5.62. The van der Waals surface area contributed by atoms with Crippen molar-refractivity contribution < 1.29 is 9.53 Å². The quantitative estimate of drug-likeness (QED) is 0.495. The molecule has 0 spiro atoms. The zero-order chi connectivity index (χ0) is 16.9. The van der Waals surface area contributed by atoms with E-state index in [0.29, 0.717) is 5.75 Å². The van der Waals surface area contributed by atoms with E-state index in [1.165, 1.54) is 50.5 Å². The van der Waals surface area contributed by atoms with E-state index >= 15 is 0 Å². The van der Waals surface area contributed by atoms with E-state index in [4.69, 9.17) is 4.74 Å². The number of rotatable bonds is 5. The number of ether oxygens (including phenoxy) is 1. The summed E-state index contributed by atoms with van der Waals surface area (Å²) in [4.78, 5) is 12.5. The van der Waals surface area contributed by atoms with Crippen molar-refractivity contribution in [2.45, 2.75) is 71.6 Å². The number of carbonyl (C=O) groups excluding carboxylic acids is 1. The molecule has 0 heterocycles. The van der Waals surface area contributed by atoms with Gasteiger partial charge in [-0.25, -0.2) is 0 Å². The zero-order valence-electron chi connectivity index (χ0n) is 15.3. The number of unbranched alkanes of at least 4 members (excludes halogenated alkanes) is 1. The molecule has 132 valence electrons. The number of hydrogen-bond donors (Lipinski definition) is 0. The summed E-state index contributed by atoms with van der Waals surface area (Å²) in [6.07, 6.45) is 11.5. The van der Waals surface area contributed by atoms with Gasteiger partial charge in [0.1, 0.15) is 5.75 Å². The molecule has 3 rings (SSSR count). The van der Waals surface area contributed by atoms with Crippen LogP contribution >= 0.6 is 0 Å². The molecule has 4 atom stereocenters. The van der Waals surface area contributed by atoms with Gasteiger partial charge in [0.25, 0.3) is 0 Å². The minimum Gasteiger partial charge on any atom is -0.426 e. The van der Waals surface area contributed by atoms with E-state index in [1.54, 1.807) is 0 Å². The summed E-state index contributed by atoms with van der Waals surface area (Å²) in [5.41, 5.74) is 1.19. The second kappa shape index (κ2) is 8.18. The van der Waals surface area contributed by atoms with Crippen LogP contribution in [0.2, 0.25) is 0 Å². The summed E-state index contributed by atoms with van der Waals surface area (Å²) in [6.45, 7) is 4.33. The van der Waals surface area contributed by atoms with Crippen LogP contribution in [0.1, 0.15) is 70.3 Å². The molecular formula is C22H32O2. The molecule has 2 saturated carbocycles. The molecule has 0 aromatic heterocycles. The summed E-state index contributed by atoms with van der Waals surface area (Å²) in [5.74, 6) is 3.36. The van der Waals surface area contributed by atoms with Crippen LogP contribution in [-0.4, -0.2) is 5.97 Å². The first-order valence-corrected chi connectivity index (χ1v) is 9.94. The number of benzene rings is 1. The maximum absolute atomic E-state index is 12.5. The van der Waals surface area contributed by atoms with Gasteiger partial charge < -0.3 is 4.74 Å². The van der Waals surface area contributed by atoms with Crippen molar-refractivity contribution in [3.8, 4) is 5.75 Å². The van der Waals surface area contributed by atoms with Crippen LogP contribution in [0.5, 0.6) is 5.75 Å². The van der Waals surface area contributed by atoms with Crippen LogP contribution < -0.4 is 4.74 Å². The Morgan fingerprint density at radius 2 is 1.75 bits per heavy atom. The van der Waals surface area contributed by atoms with E-state index in [0.717, 1.165) is 30.6 Å². The highest BCUT2D eigenvalue weighted by atomic mass is 16.5. The van der Waals surface area contributed by atoms with Crippen LogP contribution in [0.25, 0.3) is 0 Å². The SMILES string of the molecule is CCCCC1CCC2CC(C(=O)Oc3ccc(C)cc3)CCC2C1. The molecule has 1 aromatic rings. The van der Waals surface area contributed by atoms with Gasteiger partial charge in [-0.2, -0.15) is 0 Å². The van der Waals surface area contributed by atoms with Gasteiger partial charge in [0, 0.05) is 0 Å². The van der Waals surface area contributed by atoms with Crippen LogP contribution in [-0.2, 0) is 4.79 Å². The molecule has 1 aromatic carbocycles. The van der Waals surface area contributed by atoms with Gasteiger partial charge in [0.05, 0.1) is 5.92 Å². The van der Waals surface area contributed by atoms with Crippen molar-refractivity contribution in [2.24, 2.45) is 23.7 Å². The van der Waals surface area contributed by atoms with Gasteiger partial charge in [0.2, 0.25) is 0 Å². The van der Waals surface area contributed by atoms with E-state index in [9.17, 15) is 4.79 Å². The summed E-state index contributed by atoms with van der Waals surface area (Å²) in [5, 5.41) is 0. The fraction of sp³-hybridized carbons (Fsp3) is 0.682. The van der Waals surface area contributed by atoms with Gasteiger partial charge >= 0.3 is 5.97 Å². The van der Waals surface area contributed by atoms with Gasteiger partial charge in [-0.3, -0.25) is 4.79 Å². The normalized spacial score (nSPS) is 29.8. The average molecular weight is 328 g/mol. The predicted octanol–water partition coefficient (Wildman–Crippen LogP) is 5.92. The highest BCUT2D eigenvalue weighted by molar-refractivity contribution is 5.75. The van der Waals surface area contributed by atoms with Crippen molar-refractivity contribution in [3.05, 3.63) is 29.8 Å². The van der Waals surface area contributed by atoms with E-state index in [2.05, 4.69) is 6.92 Å². The molecule has 2 fully saturated rings. The second-order valence-corrected chi connectivity index (χ2v) is 8.09. The Morgan fingerprint density at radius 3 is 2.50 bits per heavy atom. The third kappa shape index (κ3) is 4.40. The van der Waals surface area contributed by atoms with Gasteiger partial charge in [-0.05, 0) is 68.9 Å². The lowest BCUT2D eigenvalue weighted by Crippen LogP contribution is -2.35. The monoisotopic (exact) mass is 328 g/mol.